The van der Waals surface area contributed by atoms with Crippen LogP contribution >= 0.6 is 11.6 Å². The van der Waals surface area contributed by atoms with E-state index in [-0.39, 0.29) is 10.7 Å². The number of aliphatic hydroxyl groups is 1. The first-order chi connectivity index (χ1) is 13.9. The molecule has 0 aliphatic rings. The van der Waals surface area contributed by atoms with Crippen LogP contribution in [0.1, 0.15) is 30.8 Å². The molecule has 10 heteroatoms. The quantitative estimate of drug-likeness (QED) is 0.410. The lowest BCUT2D eigenvalue weighted by atomic mass is 9.87. The molecule has 1 aromatic carbocycles. The molecule has 0 fully saturated rings. The molecule has 0 aliphatic carbocycles. The number of para-hydroxylation sites is 1. The summed E-state index contributed by atoms with van der Waals surface area (Å²) in [6.07, 6.45) is -2.32. The van der Waals surface area contributed by atoms with E-state index >= 15 is 0 Å². The molecule has 5 N–H and O–H groups in total. The fraction of sp³-hybridized carbons (Fsp3) is 0.450. The van der Waals surface area contributed by atoms with Crippen LogP contribution in [0.15, 0.2) is 24.3 Å². The van der Waals surface area contributed by atoms with Gasteiger partial charge in [-0.2, -0.15) is 0 Å². The number of carbonyl (C=O) groups excluding carboxylic acids is 2. The van der Waals surface area contributed by atoms with Gasteiger partial charge in [0.05, 0.1) is 11.1 Å². The molecule has 2 unspecified atom stereocenters. The average Bonchev–Trinajstić information content (AvgIpc) is 2.96. The Balaban J connectivity index is 2.29. The van der Waals surface area contributed by atoms with Crippen LogP contribution in [0.4, 0.5) is 4.39 Å². The van der Waals surface area contributed by atoms with Crippen molar-refractivity contribution in [1.29, 1.82) is 0 Å². The third-order valence-corrected chi connectivity index (χ3v) is 5.53. The minimum Gasteiger partial charge on any atom is -0.480 e. The predicted molar refractivity (Wildman–Crippen MR) is 110 cm³/mol. The molecule has 2 aromatic rings. The predicted octanol–water partition coefficient (Wildman–Crippen LogP) is 1.45. The molecule has 1 heterocycles. The van der Waals surface area contributed by atoms with E-state index in [1.165, 1.54) is 13.8 Å². The standard InChI is InChI=1S/C20H25ClFN3O5/c1-20(2,24-12(19(29)30)8-10(26)9-22)18(23)17(28)16(27)15-14(21)11-6-4-5-7-13(11)25(15)3/h4-7,12,17-18,24,28H,8-9,23H2,1-3H3,(H,29,30)/t12?,17?,18-/m1/s1. The van der Waals surface area contributed by atoms with Crippen LogP contribution in [0.25, 0.3) is 10.9 Å². The number of nitrogens with two attached hydrogens (primary N) is 1. The van der Waals surface area contributed by atoms with Gasteiger partial charge < -0.3 is 20.5 Å². The topological polar surface area (TPSA) is 135 Å². The van der Waals surface area contributed by atoms with Gasteiger partial charge in [-0.05, 0) is 19.9 Å². The van der Waals surface area contributed by atoms with Crippen molar-refractivity contribution in [2.45, 2.75) is 44.0 Å². The number of fused-ring (bicyclic) bond motifs is 1. The van der Waals surface area contributed by atoms with E-state index in [9.17, 15) is 29.0 Å². The summed E-state index contributed by atoms with van der Waals surface area (Å²) in [5, 5.41) is 23.4. The third-order valence-electron chi connectivity index (χ3n) is 5.15. The fourth-order valence-corrected chi connectivity index (χ4v) is 3.73. The zero-order chi connectivity index (χ0) is 22.8. The van der Waals surface area contributed by atoms with Crippen LogP contribution in [0.3, 0.4) is 0 Å². The second-order valence-corrected chi connectivity index (χ2v) is 8.08. The van der Waals surface area contributed by atoms with Gasteiger partial charge in [-0.25, -0.2) is 4.39 Å². The highest BCUT2D eigenvalue weighted by Gasteiger charge is 2.40. The number of ketones is 2. The van der Waals surface area contributed by atoms with Gasteiger partial charge in [-0.15, -0.1) is 0 Å². The molecule has 0 amide bonds. The number of halogens is 2. The van der Waals surface area contributed by atoms with Gasteiger partial charge in [0.1, 0.15) is 24.5 Å². The molecule has 8 nitrogen and oxygen atoms in total. The van der Waals surface area contributed by atoms with Crippen LogP contribution in [0.5, 0.6) is 0 Å². The van der Waals surface area contributed by atoms with E-state index in [0.717, 1.165) is 0 Å². The van der Waals surface area contributed by atoms with Crippen molar-refractivity contribution in [2.75, 3.05) is 6.67 Å². The Bertz CT molecular complexity index is 936. The summed E-state index contributed by atoms with van der Waals surface area (Å²) in [5.74, 6) is -3.00. The van der Waals surface area contributed by atoms with Crippen molar-refractivity contribution in [2.24, 2.45) is 12.8 Å². The second-order valence-electron chi connectivity index (χ2n) is 7.71. The van der Waals surface area contributed by atoms with E-state index in [4.69, 9.17) is 17.3 Å². The van der Waals surface area contributed by atoms with Gasteiger partial charge in [0.2, 0.25) is 5.78 Å². The van der Waals surface area contributed by atoms with Crippen molar-refractivity contribution < 1.29 is 29.0 Å². The number of alkyl halides is 1. The molecule has 0 aliphatic heterocycles. The Hall–Kier alpha value is -2.33. The molecule has 3 atom stereocenters. The number of carboxylic acids is 1. The average molecular weight is 442 g/mol. The highest BCUT2D eigenvalue weighted by atomic mass is 35.5. The summed E-state index contributed by atoms with van der Waals surface area (Å²) in [5.41, 5.74) is 5.56. The maximum Gasteiger partial charge on any atom is 0.321 e. The van der Waals surface area contributed by atoms with Crippen LogP contribution in [-0.4, -0.2) is 62.7 Å². The highest BCUT2D eigenvalue weighted by Crippen LogP contribution is 2.31. The second kappa shape index (κ2) is 9.22. The number of nitrogens with one attached hydrogen (secondary N) is 1. The number of carbonyl (C=O) groups is 3. The first-order valence-electron chi connectivity index (χ1n) is 9.21. The number of aryl methyl sites for hydroxylation is 1. The molecule has 1 aromatic heterocycles. The number of carboxylic acid groups (broad SMARTS) is 1. The minimum atomic E-state index is -1.72. The maximum atomic E-state index is 13.0. The van der Waals surface area contributed by atoms with Crippen LogP contribution in [0.2, 0.25) is 5.02 Å². The summed E-state index contributed by atoms with van der Waals surface area (Å²) in [7, 11) is 1.63. The van der Waals surface area contributed by atoms with Crippen LogP contribution < -0.4 is 11.1 Å². The van der Waals surface area contributed by atoms with E-state index in [1.54, 1.807) is 35.9 Å². The first kappa shape index (κ1) is 23.9. The Morgan fingerprint density at radius 1 is 1.30 bits per heavy atom. The molecule has 0 saturated heterocycles. The summed E-state index contributed by atoms with van der Waals surface area (Å²) in [6, 6.07) is 4.37. The number of hydrogen-bond donors (Lipinski definition) is 4. The largest absolute Gasteiger partial charge is 0.480 e. The highest BCUT2D eigenvalue weighted by molar-refractivity contribution is 6.39. The lowest BCUT2D eigenvalue weighted by Gasteiger charge is -2.37. The number of nitrogens with zero attached hydrogens (tertiary/aromatic N) is 1. The minimum absolute atomic E-state index is 0.0685. The summed E-state index contributed by atoms with van der Waals surface area (Å²) in [4.78, 5) is 35.8. The Morgan fingerprint density at radius 2 is 1.90 bits per heavy atom. The molecule has 0 saturated carbocycles. The van der Waals surface area contributed by atoms with Gasteiger partial charge in [0.15, 0.2) is 5.78 Å². The van der Waals surface area contributed by atoms with Crippen molar-refractivity contribution >= 4 is 40.0 Å². The smallest absolute Gasteiger partial charge is 0.321 e. The van der Waals surface area contributed by atoms with Crippen molar-refractivity contribution in [1.82, 2.24) is 9.88 Å². The number of aliphatic carboxylic acids is 1. The SMILES string of the molecule is Cn1c(C(=O)C(O)[C@@H](N)C(C)(C)NC(CC(=O)CF)C(=O)O)c(Cl)c2ccccc21. The Kier molecular flexibility index (Phi) is 7.36. The van der Waals surface area contributed by atoms with Gasteiger partial charge in [0.25, 0.3) is 0 Å². The summed E-state index contributed by atoms with van der Waals surface area (Å²) in [6.45, 7) is 1.67. The van der Waals surface area contributed by atoms with Gasteiger partial charge >= 0.3 is 5.97 Å². The molecule has 0 bridgehead atoms. The molecular weight excluding hydrogens is 417 g/mol. The van der Waals surface area contributed by atoms with Gasteiger partial charge in [-0.1, -0.05) is 29.8 Å². The molecule has 2 rings (SSSR count). The van der Waals surface area contributed by atoms with E-state index in [2.05, 4.69) is 5.32 Å². The maximum absolute atomic E-state index is 13.0. The van der Waals surface area contributed by atoms with Crippen molar-refractivity contribution in [3.8, 4) is 0 Å². The van der Waals surface area contributed by atoms with Crippen LogP contribution in [-0.2, 0) is 16.6 Å². The van der Waals surface area contributed by atoms with Crippen molar-refractivity contribution in [3.05, 3.63) is 35.0 Å². The zero-order valence-corrected chi connectivity index (χ0v) is 17.6. The fourth-order valence-electron chi connectivity index (χ4n) is 3.35. The summed E-state index contributed by atoms with van der Waals surface area (Å²) >= 11 is 6.36. The lowest BCUT2D eigenvalue weighted by molar-refractivity contribution is -0.142. The number of aliphatic hydroxyl groups excluding tert-OH is 1. The zero-order valence-electron chi connectivity index (χ0n) is 16.9. The van der Waals surface area contributed by atoms with E-state index < -0.39 is 54.4 Å². The summed E-state index contributed by atoms with van der Waals surface area (Å²) < 4.78 is 14.0. The first-order valence-corrected chi connectivity index (χ1v) is 9.59. The normalized spacial score (nSPS) is 15.0. The lowest BCUT2D eigenvalue weighted by Crippen LogP contribution is -2.64. The van der Waals surface area contributed by atoms with E-state index in [1.807, 2.05) is 0 Å². The van der Waals surface area contributed by atoms with E-state index in [0.29, 0.717) is 10.9 Å². The monoisotopic (exact) mass is 441 g/mol. The van der Waals surface area contributed by atoms with Crippen LogP contribution in [0, 0.1) is 0 Å². The molecule has 30 heavy (non-hydrogen) atoms. The number of benzene rings is 1. The number of hydrogen-bond acceptors (Lipinski definition) is 6. The molecule has 0 radical (unpaired) electrons. The number of aromatic nitrogens is 1. The Morgan fingerprint density at radius 3 is 2.43 bits per heavy atom. The number of rotatable bonds is 10. The van der Waals surface area contributed by atoms with Crippen molar-refractivity contribution in [3.63, 3.8) is 0 Å². The molecule has 0 spiro atoms. The van der Waals surface area contributed by atoms with Gasteiger partial charge in [-0.3, -0.25) is 19.7 Å². The molecule has 164 valence electrons. The third kappa shape index (κ3) is 4.70. The Labute approximate surface area is 177 Å². The molecular formula is C20H25ClFN3O5. The van der Waals surface area contributed by atoms with Gasteiger partial charge in [0, 0.05) is 29.9 Å². The number of Topliss-reactive ketones (excluding diaryl/α,β-unsaturated/α-hetero) is 2.